The number of anilines is 3. The van der Waals surface area contributed by atoms with Crippen LogP contribution in [0.4, 0.5) is 17.1 Å². The molecule has 0 unspecified atom stereocenters. The Balaban J connectivity index is 1.70. The van der Waals surface area contributed by atoms with Gasteiger partial charge in [0.2, 0.25) is 0 Å². The minimum absolute atomic E-state index is 1.07. The highest BCUT2D eigenvalue weighted by Crippen LogP contribution is 2.35. The van der Waals surface area contributed by atoms with Gasteiger partial charge < -0.3 is 4.90 Å². The zero-order valence-corrected chi connectivity index (χ0v) is 19.3. The zero-order chi connectivity index (χ0) is 22.3. The maximum absolute atomic E-state index is 2.32. The van der Waals surface area contributed by atoms with E-state index in [0.29, 0.717) is 0 Å². The molecular formula is C31H31N. The molecule has 0 spiro atoms. The van der Waals surface area contributed by atoms with E-state index in [1.807, 2.05) is 0 Å². The molecule has 160 valence electrons. The molecule has 0 aliphatic carbocycles. The Morgan fingerprint density at radius 3 is 1.56 bits per heavy atom. The minimum atomic E-state index is 1.07. The maximum atomic E-state index is 2.32. The van der Waals surface area contributed by atoms with Gasteiger partial charge in [-0.05, 0) is 73.4 Å². The van der Waals surface area contributed by atoms with E-state index >= 15 is 0 Å². The number of allylic oxidation sites excluding steroid dienone is 1. The molecule has 0 atom stereocenters. The van der Waals surface area contributed by atoms with E-state index < -0.39 is 0 Å². The third-order valence-corrected chi connectivity index (χ3v) is 5.74. The Hall–Kier alpha value is -3.58. The number of hydrogen-bond acceptors (Lipinski definition) is 1. The summed E-state index contributed by atoms with van der Waals surface area (Å²) < 4.78 is 0. The van der Waals surface area contributed by atoms with Gasteiger partial charge in [0.1, 0.15) is 0 Å². The summed E-state index contributed by atoms with van der Waals surface area (Å²) in [6.45, 7) is 6.49. The summed E-state index contributed by atoms with van der Waals surface area (Å²) in [6.07, 6.45) is 4.53. The average Bonchev–Trinajstić information content (AvgIpc) is 2.83. The Morgan fingerprint density at radius 1 is 0.625 bits per heavy atom. The van der Waals surface area contributed by atoms with Crippen LogP contribution in [0.2, 0.25) is 0 Å². The molecule has 0 bridgehead atoms. The number of rotatable bonds is 7. The van der Waals surface area contributed by atoms with Crippen LogP contribution in [0.3, 0.4) is 0 Å². The molecule has 0 saturated carbocycles. The first-order valence-corrected chi connectivity index (χ1v) is 11.4. The second kappa shape index (κ2) is 10.2. The van der Waals surface area contributed by atoms with Gasteiger partial charge >= 0.3 is 0 Å². The van der Waals surface area contributed by atoms with Crippen molar-refractivity contribution in [2.24, 2.45) is 0 Å². The Labute approximate surface area is 192 Å². The topological polar surface area (TPSA) is 3.24 Å². The predicted molar refractivity (Wildman–Crippen MR) is 140 cm³/mol. The molecule has 4 aromatic rings. The molecule has 0 aliphatic heterocycles. The van der Waals surface area contributed by atoms with Crippen LogP contribution >= 0.6 is 0 Å². The molecule has 4 aromatic carbocycles. The first-order valence-electron chi connectivity index (χ1n) is 11.4. The number of nitrogens with zero attached hydrogens (tertiary/aromatic N) is 1. The molecular weight excluding hydrogens is 386 g/mol. The maximum Gasteiger partial charge on any atom is 0.0462 e. The average molecular weight is 418 g/mol. The van der Waals surface area contributed by atoms with Crippen molar-refractivity contribution in [1.29, 1.82) is 0 Å². The van der Waals surface area contributed by atoms with Crippen LogP contribution in [-0.4, -0.2) is 0 Å². The van der Waals surface area contributed by atoms with Crippen molar-refractivity contribution in [3.05, 3.63) is 125 Å². The van der Waals surface area contributed by atoms with Crippen molar-refractivity contribution in [2.45, 2.75) is 33.6 Å². The second-order valence-corrected chi connectivity index (χ2v) is 8.38. The van der Waals surface area contributed by atoms with Crippen LogP contribution in [-0.2, 0) is 0 Å². The molecule has 0 saturated heterocycles. The number of benzene rings is 4. The fourth-order valence-electron chi connectivity index (χ4n) is 3.98. The fourth-order valence-corrected chi connectivity index (χ4v) is 3.98. The Bertz CT molecular complexity index is 1110. The third kappa shape index (κ3) is 5.18. The molecule has 0 radical (unpaired) electrons. The van der Waals surface area contributed by atoms with Gasteiger partial charge in [-0.2, -0.15) is 0 Å². The highest BCUT2D eigenvalue weighted by Gasteiger charge is 2.12. The van der Waals surface area contributed by atoms with Gasteiger partial charge in [0, 0.05) is 17.1 Å². The molecule has 0 aliphatic rings. The molecule has 0 amide bonds. The van der Waals surface area contributed by atoms with Gasteiger partial charge in [-0.25, -0.2) is 0 Å². The quantitative estimate of drug-likeness (QED) is 0.271. The van der Waals surface area contributed by atoms with Crippen LogP contribution in [0.15, 0.2) is 103 Å². The summed E-state index contributed by atoms with van der Waals surface area (Å²) in [5, 5.41) is 0. The first kappa shape index (κ1) is 21.6. The van der Waals surface area contributed by atoms with Crippen molar-refractivity contribution < 1.29 is 0 Å². The normalized spacial score (nSPS) is 11.4. The molecule has 1 nitrogen and oxygen atoms in total. The summed E-state index contributed by atoms with van der Waals surface area (Å²) in [4.78, 5) is 2.32. The van der Waals surface area contributed by atoms with Crippen LogP contribution in [0, 0.1) is 13.8 Å². The van der Waals surface area contributed by atoms with E-state index in [-0.39, 0.29) is 0 Å². The van der Waals surface area contributed by atoms with Gasteiger partial charge in [0.15, 0.2) is 0 Å². The van der Waals surface area contributed by atoms with Crippen molar-refractivity contribution >= 4 is 28.7 Å². The number of aryl methyl sites for hydroxylation is 2. The lowest BCUT2D eigenvalue weighted by Crippen LogP contribution is -2.09. The highest BCUT2D eigenvalue weighted by atomic mass is 15.1. The minimum Gasteiger partial charge on any atom is -0.311 e. The molecule has 32 heavy (non-hydrogen) atoms. The van der Waals surface area contributed by atoms with Gasteiger partial charge in [-0.1, -0.05) is 97.3 Å². The summed E-state index contributed by atoms with van der Waals surface area (Å²) >= 11 is 0. The van der Waals surface area contributed by atoms with Crippen molar-refractivity contribution in [1.82, 2.24) is 0 Å². The van der Waals surface area contributed by atoms with E-state index in [0.717, 1.165) is 18.5 Å². The predicted octanol–water partition coefficient (Wildman–Crippen LogP) is 9.11. The van der Waals surface area contributed by atoms with Crippen molar-refractivity contribution in [3.63, 3.8) is 0 Å². The third-order valence-electron chi connectivity index (χ3n) is 5.74. The monoisotopic (exact) mass is 417 g/mol. The van der Waals surface area contributed by atoms with Gasteiger partial charge in [0.25, 0.3) is 0 Å². The molecule has 0 aromatic heterocycles. The standard InChI is InChI=1S/C31H31N/c1-4-8-28(27-9-6-5-7-10-27)23-26-15-21-31(22-16-26)32(29-17-11-24(2)12-18-29)30-19-13-25(3)14-20-30/h5-7,9-23H,4,8H2,1-3H3. The molecule has 1 heteroatoms. The van der Waals surface area contributed by atoms with Gasteiger partial charge in [0.05, 0.1) is 0 Å². The van der Waals surface area contributed by atoms with Crippen LogP contribution in [0.25, 0.3) is 11.6 Å². The van der Waals surface area contributed by atoms with Crippen molar-refractivity contribution in [3.8, 4) is 0 Å². The van der Waals surface area contributed by atoms with Crippen LogP contribution in [0.5, 0.6) is 0 Å². The lowest BCUT2D eigenvalue weighted by molar-refractivity contribution is 0.976. The summed E-state index contributed by atoms with van der Waals surface area (Å²) in [7, 11) is 0. The molecule has 0 heterocycles. The zero-order valence-electron chi connectivity index (χ0n) is 19.3. The summed E-state index contributed by atoms with van der Waals surface area (Å²) in [5.74, 6) is 0. The lowest BCUT2D eigenvalue weighted by atomic mass is 9.98. The smallest absolute Gasteiger partial charge is 0.0462 e. The van der Waals surface area contributed by atoms with Crippen LogP contribution < -0.4 is 4.90 Å². The molecule has 0 N–H and O–H groups in total. The Kier molecular flexibility index (Phi) is 6.87. The van der Waals surface area contributed by atoms with E-state index in [1.54, 1.807) is 0 Å². The summed E-state index contributed by atoms with van der Waals surface area (Å²) in [6, 6.07) is 37.1. The van der Waals surface area contributed by atoms with E-state index in [2.05, 4.69) is 135 Å². The fraction of sp³-hybridized carbons (Fsp3) is 0.161. The molecule has 0 fully saturated rings. The lowest BCUT2D eigenvalue weighted by Gasteiger charge is -2.26. The number of hydrogen-bond donors (Lipinski definition) is 0. The Morgan fingerprint density at radius 2 is 1.09 bits per heavy atom. The van der Waals surface area contributed by atoms with Crippen LogP contribution in [0.1, 0.15) is 42.0 Å². The van der Waals surface area contributed by atoms with Crippen molar-refractivity contribution in [2.75, 3.05) is 4.90 Å². The van der Waals surface area contributed by atoms with E-state index in [4.69, 9.17) is 0 Å². The van der Waals surface area contributed by atoms with Gasteiger partial charge in [-0.15, -0.1) is 0 Å². The highest BCUT2D eigenvalue weighted by molar-refractivity contribution is 5.83. The van der Waals surface area contributed by atoms with Gasteiger partial charge in [-0.3, -0.25) is 0 Å². The summed E-state index contributed by atoms with van der Waals surface area (Å²) in [5.41, 5.74) is 9.94. The molecule has 4 rings (SSSR count). The largest absolute Gasteiger partial charge is 0.311 e. The first-order chi connectivity index (χ1) is 15.6. The SMILES string of the molecule is CCCC(=Cc1ccc(N(c2ccc(C)cc2)c2ccc(C)cc2)cc1)c1ccccc1. The van der Waals surface area contributed by atoms with E-state index in [9.17, 15) is 0 Å². The van der Waals surface area contributed by atoms with E-state index in [1.165, 1.54) is 39.2 Å². The second-order valence-electron chi connectivity index (χ2n) is 8.38.